The van der Waals surface area contributed by atoms with Crippen molar-refractivity contribution in [1.29, 1.82) is 0 Å². The highest BCUT2D eigenvalue weighted by molar-refractivity contribution is 5.44. The van der Waals surface area contributed by atoms with E-state index in [9.17, 15) is 4.39 Å². The Labute approximate surface area is 81.1 Å². The average Bonchev–Trinajstić information content (AvgIpc) is 2.42. The van der Waals surface area contributed by atoms with Crippen LogP contribution in [0.25, 0.3) is 5.65 Å². The summed E-state index contributed by atoms with van der Waals surface area (Å²) in [5, 5.41) is 0. The molecule has 4 heteroatoms. The van der Waals surface area contributed by atoms with Crippen LogP contribution in [-0.4, -0.2) is 15.5 Å². The Morgan fingerprint density at radius 1 is 1.50 bits per heavy atom. The fraction of sp³-hybridized carbons (Fsp3) is 0.300. The molecule has 3 nitrogen and oxygen atoms in total. The Balaban J connectivity index is 2.40. The van der Waals surface area contributed by atoms with E-state index in [1.807, 2.05) is 13.8 Å². The Morgan fingerprint density at radius 3 is 3.00 bits per heavy atom. The predicted octanol–water partition coefficient (Wildman–Crippen LogP) is 2.26. The van der Waals surface area contributed by atoms with Gasteiger partial charge in [-0.25, -0.2) is 4.98 Å². The first-order valence-corrected chi connectivity index (χ1v) is 4.46. The summed E-state index contributed by atoms with van der Waals surface area (Å²) in [6.45, 7) is 3.88. The van der Waals surface area contributed by atoms with E-state index < -0.39 is 5.95 Å². The summed E-state index contributed by atoms with van der Waals surface area (Å²) in [4.78, 5) is 3.70. The molecule has 0 unspecified atom stereocenters. The number of hydrogen-bond donors (Lipinski definition) is 0. The van der Waals surface area contributed by atoms with E-state index in [4.69, 9.17) is 4.74 Å². The van der Waals surface area contributed by atoms with E-state index in [1.54, 1.807) is 22.7 Å². The number of fused-ring (bicyclic) bond motifs is 1. The van der Waals surface area contributed by atoms with Crippen LogP contribution in [0.15, 0.2) is 24.5 Å². The molecule has 0 amide bonds. The van der Waals surface area contributed by atoms with Gasteiger partial charge >= 0.3 is 0 Å². The second-order valence-corrected chi connectivity index (χ2v) is 3.36. The first-order chi connectivity index (χ1) is 6.65. The van der Waals surface area contributed by atoms with E-state index in [0.717, 1.165) is 0 Å². The molecule has 0 spiro atoms. The lowest BCUT2D eigenvalue weighted by Gasteiger charge is -2.08. The standard InChI is InChI=1S/C10H11FN2O/c1-7(2)14-8-3-4-13-6-9(11)12-10(13)5-8/h3-7H,1-2H3. The lowest BCUT2D eigenvalue weighted by molar-refractivity contribution is 0.242. The van der Waals surface area contributed by atoms with Crippen molar-refractivity contribution in [3.05, 3.63) is 30.5 Å². The molecule has 0 N–H and O–H groups in total. The summed E-state index contributed by atoms with van der Waals surface area (Å²) in [7, 11) is 0. The van der Waals surface area contributed by atoms with Crippen molar-refractivity contribution in [3.8, 4) is 5.75 Å². The number of hydrogen-bond acceptors (Lipinski definition) is 2. The maximum absolute atomic E-state index is 12.7. The smallest absolute Gasteiger partial charge is 0.231 e. The Kier molecular flexibility index (Phi) is 2.11. The molecule has 74 valence electrons. The lowest BCUT2D eigenvalue weighted by atomic mass is 10.4. The van der Waals surface area contributed by atoms with Crippen molar-refractivity contribution in [2.75, 3.05) is 0 Å². The van der Waals surface area contributed by atoms with E-state index in [2.05, 4.69) is 4.98 Å². The van der Waals surface area contributed by atoms with Gasteiger partial charge in [-0.1, -0.05) is 0 Å². The number of halogens is 1. The summed E-state index contributed by atoms with van der Waals surface area (Å²) in [6, 6.07) is 3.50. The highest BCUT2D eigenvalue weighted by atomic mass is 19.1. The summed E-state index contributed by atoms with van der Waals surface area (Å²) in [5.74, 6) is 0.227. The summed E-state index contributed by atoms with van der Waals surface area (Å²) < 4.78 is 19.8. The zero-order valence-corrected chi connectivity index (χ0v) is 8.07. The van der Waals surface area contributed by atoms with Crippen molar-refractivity contribution < 1.29 is 9.13 Å². The second-order valence-electron chi connectivity index (χ2n) is 3.36. The Bertz CT molecular complexity index is 450. The maximum Gasteiger partial charge on any atom is 0.231 e. The van der Waals surface area contributed by atoms with Gasteiger partial charge in [-0.3, -0.25) is 0 Å². The van der Waals surface area contributed by atoms with Crippen LogP contribution >= 0.6 is 0 Å². The van der Waals surface area contributed by atoms with Gasteiger partial charge in [-0.2, -0.15) is 4.39 Å². The van der Waals surface area contributed by atoms with E-state index >= 15 is 0 Å². The van der Waals surface area contributed by atoms with Crippen molar-refractivity contribution in [2.24, 2.45) is 0 Å². The zero-order valence-electron chi connectivity index (χ0n) is 8.07. The third-order valence-corrected chi connectivity index (χ3v) is 1.77. The monoisotopic (exact) mass is 194 g/mol. The molecule has 0 bridgehead atoms. The molecule has 2 aromatic rings. The Hall–Kier alpha value is -1.58. The zero-order chi connectivity index (χ0) is 10.1. The third kappa shape index (κ3) is 1.69. The number of aromatic nitrogens is 2. The predicted molar refractivity (Wildman–Crippen MR) is 50.9 cm³/mol. The fourth-order valence-corrected chi connectivity index (χ4v) is 1.28. The molecular formula is C10H11FN2O. The highest BCUT2D eigenvalue weighted by Gasteiger charge is 2.02. The number of ether oxygens (including phenoxy) is 1. The number of pyridine rings is 1. The van der Waals surface area contributed by atoms with Gasteiger partial charge in [-0.05, 0) is 19.9 Å². The number of nitrogens with zero attached hydrogens (tertiary/aromatic N) is 2. The molecular weight excluding hydrogens is 183 g/mol. The van der Waals surface area contributed by atoms with Crippen LogP contribution in [0.5, 0.6) is 5.75 Å². The molecule has 2 aromatic heterocycles. The van der Waals surface area contributed by atoms with Crippen LogP contribution in [0.2, 0.25) is 0 Å². The molecule has 2 rings (SSSR count). The molecule has 2 heterocycles. The minimum atomic E-state index is -0.480. The van der Waals surface area contributed by atoms with E-state index in [-0.39, 0.29) is 6.10 Å². The normalized spacial score (nSPS) is 11.1. The van der Waals surface area contributed by atoms with Crippen LogP contribution in [0, 0.1) is 5.95 Å². The molecule has 0 radical (unpaired) electrons. The summed E-state index contributed by atoms with van der Waals surface area (Å²) in [6.07, 6.45) is 3.16. The van der Waals surface area contributed by atoms with Crippen molar-refractivity contribution in [3.63, 3.8) is 0 Å². The summed E-state index contributed by atoms with van der Waals surface area (Å²) >= 11 is 0. The quantitative estimate of drug-likeness (QED) is 0.733. The van der Waals surface area contributed by atoms with E-state index in [0.29, 0.717) is 11.4 Å². The van der Waals surface area contributed by atoms with Gasteiger partial charge < -0.3 is 9.14 Å². The van der Waals surface area contributed by atoms with Crippen LogP contribution in [-0.2, 0) is 0 Å². The van der Waals surface area contributed by atoms with Crippen LogP contribution < -0.4 is 4.74 Å². The van der Waals surface area contributed by atoms with E-state index in [1.165, 1.54) is 6.20 Å². The topological polar surface area (TPSA) is 26.5 Å². The Morgan fingerprint density at radius 2 is 2.29 bits per heavy atom. The fourth-order valence-electron chi connectivity index (χ4n) is 1.28. The maximum atomic E-state index is 12.7. The SMILES string of the molecule is CC(C)Oc1ccn2cc(F)nc2c1. The van der Waals surface area contributed by atoms with Gasteiger partial charge in [0.05, 0.1) is 12.3 Å². The number of imidazole rings is 1. The third-order valence-electron chi connectivity index (χ3n) is 1.77. The molecule has 14 heavy (non-hydrogen) atoms. The van der Waals surface area contributed by atoms with Crippen LogP contribution in [0.3, 0.4) is 0 Å². The molecule has 0 atom stereocenters. The van der Waals surface area contributed by atoms with Crippen molar-refractivity contribution in [2.45, 2.75) is 20.0 Å². The lowest BCUT2D eigenvalue weighted by Crippen LogP contribution is -2.05. The summed E-state index contributed by atoms with van der Waals surface area (Å²) in [5.41, 5.74) is 0.556. The minimum Gasteiger partial charge on any atom is -0.491 e. The van der Waals surface area contributed by atoms with Crippen molar-refractivity contribution in [1.82, 2.24) is 9.38 Å². The molecule has 0 aliphatic heterocycles. The molecule has 0 saturated carbocycles. The van der Waals surface area contributed by atoms with Gasteiger partial charge in [0.1, 0.15) is 11.4 Å². The highest BCUT2D eigenvalue weighted by Crippen LogP contribution is 2.15. The largest absolute Gasteiger partial charge is 0.491 e. The molecule has 0 aliphatic rings. The average molecular weight is 194 g/mol. The van der Waals surface area contributed by atoms with Gasteiger partial charge in [-0.15, -0.1) is 0 Å². The first-order valence-electron chi connectivity index (χ1n) is 4.46. The van der Waals surface area contributed by atoms with Gasteiger partial charge in [0.15, 0.2) is 0 Å². The van der Waals surface area contributed by atoms with Crippen molar-refractivity contribution >= 4 is 5.65 Å². The number of rotatable bonds is 2. The van der Waals surface area contributed by atoms with Crippen LogP contribution in [0.4, 0.5) is 4.39 Å². The minimum absolute atomic E-state index is 0.109. The van der Waals surface area contributed by atoms with Gasteiger partial charge in [0, 0.05) is 12.3 Å². The molecule has 0 aromatic carbocycles. The molecule has 0 fully saturated rings. The van der Waals surface area contributed by atoms with Crippen LogP contribution in [0.1, 0.15) is 13.8 Å². The van der Waals surface area contributed by atoms with Gasteiger partial charge in [0.25, 0.3) is 0 Å². The molecule has 0 saturated heterocycles. The first kappa shape index (κ1) is 8.99. The van der Waals surface area contributed by atoms with Gasteiger partial charge in [0.2, 0.25) is 5.95 Å². The second kappa shape index (κ2) is 3.29. The molecule has 0 aliphatic carbocycles.